The Kier molecular flexibility index (Phi) is 15.4. The number of methoxy groups -OCH3 is 2. The largest absolute Gasteiger partial charge is 0.493 e. The quantitative estimate of drug-likeness (QED) is 0.104. The average Bonchev–Trinajstić information content (AvgIpc) is 3.87. The minimum absolute atomic E-state index is 0.0328. The monoisotopic (exact) mass is 760 g/mol. The van der Waals surface area contributed by atoms with E-state index in [1.54, 1.807) is 33.0 Å². The molecule has 3 aliphatic heterocycles. The van der Waals surface area contributed by atoms with E-state index < -0.39 is 47.7 Å². The van der Waals surface area contributed by atoms with Crippen molar-refractivity contribution in [1.82, 2.24) is 15.1 Å². The minimum atomic E-state index is -0.914. The lowest BCUT2D eigenvalue weighted by Gasteiger charge is -2.33. The number of fused-ring (bicyclic) bond motifs is 2. The van der Waals surface area contributed by atoms with Crippen molar-refractivity contribution in [3.8, 4) is 11.5 Å². The number of hydrogen-bond acceptors (Lipinski definition) is 11. The molecule has 3 N–H and O–H groups in total. The third-order valence-corrected chi connectivity index (χ3v) is 11.6. The summed E-state index contributed by atoms with van der Waals surface area (Å²) in [6.07, 6.45) is 2.71. The molecule has 0 aromatic heterocycles. The molecule has 3 saturated heterocycles. The van der Waals surface area contributed by atoms with E-state index in [4.69, 9.17) is 34.2 Å². The zero-order chi connectivity index (χ0) is 39.6. The first-order valence-electron chi connectivity index (χ1n) is 19.4. The van der Waals surface area contributed by atoms with Gasteiger partial charge in [-0.2, -0.15) is 0 Å². The average molecular weight is 761 g/mol. The lowest BCUT2D eigenvalue weighted by Crippen LogP contribution is -2.47. The van der Waals surface area contributed by atoms with Crippen LogP contribution in [-0.4, -0.2) is 113 Å². The van der Waals surface area contributed by atoms with Crippen LogP contribution in [0.15, 0.2) is 18.2 Å². The second-order valence-corrected chi connectivity index (χ2v) is 16.6. The Morgan fingerprint density at radius 2 is 1.72 bits per heavy atom. The Bertz CT molecular complexity index is 1430. The molecule has 0 radical (unpaired) electrons. The van der Waals surface area contributed by atoms with E-state index >= 15 is 0 Å². The van der Waals surface area contributed by atoms with E-state index in [0.29, 0.717) is 50.5 Å². The summed E-state index contributed by atoms with van der Waals surface area (Å²) in [5.74, 6) is 0.0533. The van der Waals surface area contributed by atoms with Gasteiger partial charge in [-0.25, -0.2) is 4.79 Å². The first-order valence-corrected chi connectivity index (χ1v) is 19.4. The molecule has 54 heavy (non-hydrogen) atoms. The van der Waals surface area contributed by atoms with Crippen molar-refractivity contribution in [3.05, 3.63) is 23.8 Å². The summed E-state index contributed by atoms with van der Waals surface area (Å²) >= 11 is 0. The third kappa shape index (κ3) is 11.0. The molecule has 304 valence electrons. The first-order chi connectivity index (χ1) is 25.6. The van der Waals surface area contributed by atoms with Crippen LogP contribution in [0.3, 0.4) is 0 Å². The van der Waals surface area contributed by atoms with Crippen LogP contribution < -0.4 is 20.5 Å². The minimum Gasteiger partial charge on any atom is -0.493 e. The maximum atomic E-state index is 13.7. The highest BCUT2D eigenvalue weighted by Crippen LogP contribution is 2.41. The molecule has 14 heteroatoms. The van der Waals surface area contributed by atoms with Gasteiger partial charge in [0.25, 0.3) is 0 Å². The second-order valence-electron chi connectivity index (χ2n) is 16.6. The second kappa shape index (κ2) is 19.3. The summed E-state index contributed by atoms with van der Waals surface area (Å²) in [5.41, 5.74) is 5.18. The summed E-state index contributed by atoms with van der Waals surface area (Å²) in [5, 5.41) is 2.93. The predicted molar refractivity (Wildman–Crippen MR) is 201 cm³/mol. The Morgan fingerprint density at radius 3 is 2.31 bits per heavy atom. The normalized spacial score (nSPS) is 23.4. The van der Waals surface area contributed by atoms with Crippen molar-refractivity contribution >= 4 is 23.9 Å². The number of esters is 1. The summed E-state index contributed by atoms with van der Waals surface area (Å²) in [4.78, 5) is 56.1. The molecule has 2 bridgehead atoms. The molecular weight excluding hydrogens is 696 g/mol. The fraction of sp³-hybridized carbons (Fsp3) is 0.750. The number of primary amides is 1. The number of piperidine rings is 1. The van der Waals surface area contributed by atoms with Crippen molar-refractivity contribution in [2.75, 3.05) is 67.1 Å². The Balaban J connectivity index is 1.51. The third-order valence-electron chi connectivity index (χ3n) is 11.6. The van der Waals surface area contributed by atoms with Gasteiger partial charge in [-0.05, 0) is 94.5 Å². The molecule has 0 spiro atoms. The van der Waals surface area contributed by atoms with Crippen LogP contribution in [-0.2, 0) is 39.8 Å². The lowest BCUT2D eigenvalue weighted by molar-refractivity contribution is -0.163. The van der Waals surface area contributed by atoms with Gasteiger partial charge < -0.3 is 44.4 Å². The van der Waals surface area contributed by atoms with Crippen LogP contribution >= 0.6 is 0 Å². The zero-order valence-electron chi connectivity index (χ0n) is 33.6. The van der Waals surface area contributed by atoms with Crippen molar-refractivity contribution in [1.29, 1.82) is 0 Å². The molecule has 1 aromatic rings. The van der Waals surface area contributed by atoms with Crippen molar-refractivity contribution < 1.29 is 47.6 Å². The predicted octanol–water partition coefficient (Wildman–Crippen LogP) is 4.37. The number of nitrogens with zero attached hydrogens (tertiary/aromatic N) is 2. The van der Waals surface area contributed by atoms with Crippen LogP contribution in [0, 0.1) is 34.5 Å². The highest BCUT2D eigenvalue weighted by Gasteiger charge is 2.50. The molecule has 4 atom stereocenters. The molecule has 14 nitrogen and oxygen atoms in total. The summed E-state index contributed by atoms with van der Waals surface area (Å²) in [6, 6.07) is 5.50. The molecule has 1 aromatic carbocycles. The Morgan fingerprint density at radius 1 is 1.00 bits per heavy atom. The van der Waals surface area contributed by atoms with Crippen molar-refractivity contribution in [2.24, 2.45) is 40.2 Å². The molecular formula is C40H64N4O10. The highest BCUT2D eigenvalue weighted by molar-refractivity contribution is 5.83. The molecule has 0 aliphatic carbocycles. The maximum absolute atomic E-state index is 13.7. The standard InChI is InChI=1S/C40H64N4O10/c1-26(2)29(18-28-10-11-32(50-8)34(19-28)51-17-9-16-49-7)20-31-33(21-30(27(3)4)35(45)42-22-39(5,6)36(41)46)52-24-44(31)38(48)54-25-53-37(47)40-12-14-43(23-40)15-13-40/h10-11,19,26-27,29-31,33H,9,12-18,20-25H2,1-8H3,(H2,41,46)(H,42,45). The smallest absolute Gasteiger partial charge is 0.414 e. The number of ether oxygens (including phenoxy) is 6. The van der Waals surface area contributed by atoms with E-state index in [0.717, 1.165) is 37.9 Å². The first kappa shape index (κ1) is 43.1. The van der Waals surface area contributed by atoms with Gasteiger partial charge in [0.2, 0.25) is 18.6 Å². The molecule has 3 aliphatic rings. The van der Waals surface area contributed by atoms with Crippen molar-refractivity contribution in [3.63, 3.8) is 0 Å². The van der Waals surface area contributed by atoms with Gasteiger partial charge in [0.05, 0.1) is 36.7 Å². The Labute approximate surface area is 321 Å². The zero-order valence-corrected chi connectivity index (χ0v) is 33.6. The van der Waals surface area contributed by atoms with Gasteiger partial charge in [-0.1, -0.05) is 33.8 Å². The van der Waals surface area contributed by atoms with E-state index in [2.05, 4.69) is 24.1 Å². The number of hydrogen-bond donors (Lipinski definition) is 2. The van der Waals surface area contributed by atoms with E-state index in [-0.39, 0.29) is 42.9 Å². The SMILES string of the molecule is COCCCOc1cc(CC(CC2C(CC(C(=O)NCC(C)(C)C(N)=O)C(C)C)OCN2C(=O)OCOC(=O)C23CCN(CC2)C3)C(C)C)ccc1OC. The van der Waals surface area contributed by atoms with Crippen LogP contribution in [0.1, 0.15) is 79.2 Å². The number of nitrogens with one attached hydrogen (secondary N) is 1. The van der Waals surface area contributed by atoms with Gasteiger partial charge in [-0.3, -0.25) is 19.3 Å². The van der Waals surface area contributed by atoms with Gasteiger partial charge in [0, 0.05) is 39.1 Å². The molecule has 4 rings (SSSR count). The molecule has 4 unspecified atom stereocenters. The van der Waals surface area contributed by atoms with Crippen LogP contribution in [0.5, 0.6) is 11.5 Å². The summed E-state index contributed by atoms with van der Waals surface area (Å²) in [7, 11) is 3.27. The molecule has 3 fully saturated rings. The fourth-order valence-electron chi connectivity index (χ4n) is 7.65. The number of nitrogens with two attached hydrogens (primary N) is 1. The summed E-state index contributed by atoms with van der Waals surface area (Å²) in [6.45, 7) is 14.7. The van der Waals surface area contributed by atoms with Crippen LogP contribution in [0.4, 0.5) is 4.79 Å². The van der Waals surface area contributed by atoms with Crippen molar-refractivity contribution in [2.45, 2.75) is 92.2 Å². The lowest BCUT2D eigenvalue weighted by atomic mass is 9.80. The molecule has 0 saturated carbocycles. The topological polar surface area (TPSA) is 168 Å². The molecule has 3 heterocycles. The number of amides is 3. The Hall–Kier alpha value is -3.62. The van der Waals surface area contributed by atoms with E-state index in [1.807, 2.05) is 32.0 Å². The summed E-state index contributed by atoms with van der Waals surface area (Å²) < 4.78 is 34.2. The number of carbonyl (C=O) groups excluding carboxylic acids is 4. The van der Waals surface area contributed by atoms with Gasteiger partial charge in [0.15, 0.2) is 11.5 Å². The van der Waals surface area contributed by atoms with Gasteiger partial charge >= 0.3 is 12.1 Å². The number of carbonyl (C=O) groups is 4. The van der Waals surface area contributed by atoms with Crippen LogP contribution in [0.25, 0.3) is 0 Å². The van der Waals surface area contributed by atoms with Gasteiger partial charge in [-0.15, -0.1) is 0 Å². The van der Waals surface area contributed by atoms with E-state index in [1.165, 1.54) is 0 Å². The van der Waals surface area contributed by atoms with Gasteiger partial charge in [0.1, 0.15) is 6.73 Å². The van der Waals surface area contributed by atoms with E-state index in [9.17, 15) is 19.2 Å². The number of rotatable bonds is 21. The fourth-order valence-corrected chi connectivity index (χ4v) is 7.65. The van der Waals surface area contributed by atoms with Crippen LogP contribution in [0.2, 0.25) is 0 Å². The molecule has 3 amide bonds. The highest BCUT2D eigenvalue weighted by atomic mass is 16.7. The maximum Gasteiger partial charge on any atom is 0.414 e. The number of benzene rings is 1.